The van der Waals surface area contributed by atoms with E-state index in [1.54, 1.807) is 36.4 Å². The standard InChI is InChI=1S/C17H13Cl2N3O2S/c18-12-6-3-5-10(15(12)19)8-14-16(24)21-17(25-14)22-20-9-11-4-1-2-7-13(11)23/h1-7,9,14,23H,8H2,(H,21,22,24)/b20-9-/t14-/m0/s1. The topological polar surface area (TPSA) is 74.0 Å². The molecule has 8 heteroatoms. The molecular formula is C17H13Cl2N3O2S. The second-order valence-electron chi connectivity index (χ2n) is 5.22. The van der Waals surface area contributed by atoms with E-state index in [0.29, 0.717) is 27.2 Å². The van der Waals surface area contributed by atoms with Gasteiger partial charge in [-0.05, 0) is 30.2 Å². The van der Waals surface area contributed by atoms with Gasteiger partial charge in [-0.3, -0.25) is 4.79 Å². The zero-order valence-electron chi connectivity index (χ0n) is 12.8. The highest BCUT2D eigenvalue weighted by atomic mass is 35.5. The maximum atomic E-state index is 12.1. The molecule has 5 nitrogen and oxygen atoms in total. The number of amidine groups is 1. The number of carbonyl (C=O) groups excluding carboxylic acids is 1. The number of para-hydroxylation sites is 1. The molecule has 0 radical (unpaired) electrons. The van der Waals surface area contributed by atoms with Crippen LogP contribution in [0.2, 0.25) is 10.0 Å². The zero-order chi connectivity index (χ0) is 17.8. The molecule has 2 N–H and O–H groups in total. The SMILES string of the molecule is O=C1N/C(=N\N=C/c2ccccc2O)S[C@H]1Cc1cccc(Cl)c1Cl. The molecule has 0 aromatic heterocycles. The lowest BCUT2D eigenvalue weighted by Crippen LogP contribution is -2.26. The lowest BCUT2D eigenvalue weighted by Gasteiger charge is -2.08. The van der Waals surface area contributed by atoms with Gasteiger partial charge in [0.1, 0.15) is 5.75 Å². The summed E-state index contributed by atoms with van der Waals surface area (Å²) < 4.78 is 0. The maximum Gasteiger partial charge on any atom is 0.239 e. The van der Waals surface area contributed by atoms with E-state index < -0.39 is 0 Å². The quantitative estimate of drug-likeness (QED) is 0.611. The highest BCUT2D eigenvalue weighted by Gasteiger charge is 2.31. The summed E-state index contributed by atoms with van der Waals surface area (Å²) in [5, 5.41) is 21.2. The normalized spacial score (nSPS) is 18.9. The Kier molecular flexibility index (Phi) is 5.63. The third-order valence-corrected chi connectivity index (χ3v) is 5.43. The Labute approximate surface area is 158 Å². The van der Waals surface area contributed by atoms with Gasteiger partial charge >= 0.3 is 0 Å². The minimum absolute atomic E-state index is 0.114. The van der Waals surface area contributed by atoms with Gasteiger partial charge in [0, 0.05) is 5.56 Å². The average molecular weight is 394 g/mol. The van der Waals surface area contributed by atoms with E-state index in [-0.39, 0.29) is 16.9 Å². The summed E-state index contributed by atoms with van der Waals surface area (Å²) >= 11 is 13.5. The van der Waals surface area contributed by atoms with E-state index in [2.05, 4.69) is 15.5 Å². The van der Waals surface area contributed by atoms with Crippen molar-refractivity contribution in [3.63, 3.8) is 0 Å². The Morgan fingerprint density at radius 2 is 2.00 bits per heavy atom. The van der Waals surface area contributed by atoms with Crippen molar-refractivity contribution in [2.45, 2.75) is 11.7 Å². The van der Waals surface area contributed by atoms with Crippen LogP contribution in [0.25, 0.3) is 0 Å². The molecule has 1 aliphatic heterocycles. The van der Waals surface area contributed by atoms with E-state index in [1.807, 2.05) is 6.07 Å². The van der Waals surface area contributed by atoms with Crippen LogP contribution in [-0.4, -0.2) is 27.6 Å². The molecule has 1 aliphatic rings. The lowest BCUT2D eigenvalue weighted by molar-refractivity contribution is -0.118. The van der Waals surface area contributed by atoms with Crippen molar-refractivity contribution < 1.29 is 9.90 Å². The van der Waals surface area contributed by atoms with Crippen LogP contribution in [-0.2, 0) is 11.2 Å². The average Bonchev–Trinajstić information content (AvgIpc) is 2.93. The molecule has 0 bridgehead atoms. The number of hydrogen-bond donors (Lipinski definition) is 2. The molecule has 1 atom stereocenters. The number of amides is 1. The van der Waals surface area contributed by atoms with Crippen molar-refractivity contribution >= 4 is 52.3 Å². The molecule has 0 spiro atoms. The van der Waals surface area contributed by atoms with Gasteiger partial charge in [0.2, 0.25) is 5.91 Å². The summed E-state index contributed by atoms with van der Waals surface area (Å²) in [6, 6.07) is 12.1. The molecule has 0 unspecified atom stereocenters. The zero-order valence-corrected chi connectivity index (χ0v) is 15.1. The van der Waals surface area contributed by atoms with Crippen molar-refractivity contribution in [2.24, 2.45) is 10.2 Å². The molecule has 0 aliphatic carbocycles. The first-order chi connectivity index (χ1) is 12.0. The Hall–Kier alpha value is -2.02. The van der Waals surface area contributed by atoms with Crippen LogP contribution in [0.1, 0.15) is 11.1 Å². The third kappa shape index (κ3) is 4.34. The van der Waals surface area contributed by atoms with Crippen LogP contribution in [0.5, 0.6) is 5.75 Å². The fourth-order valence-electron chi connectivity index (χ4n) is 2.23. The van der Waals surface area contributed by atoms with E-state index in [1.165, 1.54) is 18.0 Å². The molecule has 128 valence electrons. The second kappa shape index (κ2) is 7.91. The predicted octanol–water partition coefficient (Wildman–Crippen LogP) is 3.86. The monoisotopic (exact) mass is 393 g/mol. The predicted molar refractivity (Wildman–Crippen MR) is 103 cm³/mol. The van der Waals surface area contributed by atoms with Crippen molar-refractivity contribution in [3.05, 3.63) is 63.6 Å². The highest BCUT2D eigenvalue weighted by molar-refractivity contribution is 8.15. The molecule has 1 amide bonds. The number of hydrogen-bond acceptors (Lipinski definition) is 5. The first-order valence-electron chi connectivity index (χ1n) is 7.34. The van der Waals surface area contributed by atoms with E-state index in [9.17, 15) is 9.90 Å². The minimum atomic E-state index is -0.352. The van der Waals surface area contributed by atoms with Gasteiger partial charge in [-0.2, -0.15) is 5.10 Å². The van der Waals surface area contributed by atoms with Gasteiger partial charge in [-0.15, -0.1) is 5.10 Å². The van der Waals surface area contributed by atoms with Gasteiger partial charge in [-0.25, -0.2) is 0 Å². The smallest absolute Gasteiger partial charge is 0.239 e. The molecule has 0 saturated carbocycles. The fourth-order valence-corrected chi connectivity index (χ4v) is 3.58. The van der Waals surface area contributed by atoms with Crippen molar-refractivity contribution in [2.75, 3.05) is 0 Å². The van der Waals surface area contributed by atoms with Crippen molar-refractivity contribution in [3.8, 4) is 5.75 Å². The Bertz CT molecular complexity index is 871. The van der Waals surface area contributed by atoms with E-state index in [4.69, 9.17) is 23.2 Å². The number of nitrogens with one attached hydrogen (secondary N) is 1. The number of carbonyl (C=O) groups is 1. The fraction of sp³-hybridized carbons (Fsp3) is 0.118. The molecular weight excluding hydrogens is 381 g/mol. The van der Waals surface area contributed by atoms with Gasteiger partial charge in [0.05, 0.1) is 21.5 Å². The number of nitrogens with zero attached hydrogens (tertiary/aromatic N) is 2. The summed E-state index contributed by atoms with van der Waals surface area (Å²) in [7, 11) is 0. The van der Waals surface area contributed by atoms with Gasteiger partial charge < -0.3 is 10.4 Å². The molecule has 3 rings (SSSR count). The Balaban J connectivity index is 1.68. The molecule has 1 saturated heterocycles. The van der Waals surface area contributed by atoms with Crippen LogP contribution < -0.4 is 5.32 Å². The number of phenols is 1. The Morgan fingerprint density at radius 1 is 1.20 bits per heavy atom. The van der Waals surface area contributed by atoms with Crippen LogP contribution >= 0.6 is 35.0 Å². The van der Waals surface area contributed by atoms with Gasteiger partial charge in [0.25, 0.3) is 0 Å². The first kappa shape index (κ1) is 17.8. The second-order valence-corrected chi connectivity index (χ2v) is 7.20. The van der Waals surface area contributed by atoms with Gasteiger partial charge in [-0.1, -0.05) is 59.2 Å². The summed E-state index contributed by atoms with van der Waals surface area (Å²) in [6.45, 7) is 0. The lowest BCUT2D eigenvalue weighted by atomic mass is 10.1. The van der Waals surface area contributed by atoms with Crippen molar-refractivity contribution in [1.82, 2.24) is 5.32 Å². The van der Waals surface area contributed by atoms with E-state index >= 15 is 0 Å². The van der Waals surface area contributed by atoms with Crippen LogP contribution in [0, 0.1) is 0 Å². The number of phenolic OH excluding ortho intramolecular Hbond substituents is 1. The van der Waals surface area contributed by atoms with Crippen LogP contribution in [0.3, 0.4) is 0 Å². The third-order valence-electron chi connectivity index (χ3n) is 3.50. The minimum Gasteiger partial charge on any atom is -0.507 e. The number of benzene rings is 2. The molecule has 1 heterocycles. The van der Waals surface area contributed by atoms with Crippen LogP contribution in [0.4, 0.5) is 0 Å². The molecule has 1 fully saturated rings. The summed E-state index contributed by atoms with van der Waals surface area (Å²) in [5.74, 6) is -0.0411. The molecule has 2 aromatic carbocycles. The number of halogens is 2. The summed E-state index contributed by atoms with van der Waals surface area (Å²) in [6.07, 6.45) is 1.87. The van der Waals surface area contributed by atoms with Crippen LogP contribution in [0.15, 0.2) is 52.7 Å². The number of rotatable bonds is 4. The maximum absolute atomic E-state index is 12.1. The number of aromatic hydroxyl groups is 1. The van der Waals surface area contributed by atoms with Crippen molar-refractivity contribution in [1.29, 1.82) is 0 Å². The van der Waals surface area contributed by atoms with E-state index in [0.717, 1.165) is 5.56 Å². The summed E-state index contributed by atoms with van der Waals surface area (Å²) in [5.41, 5.74) is 1.35. The molecule has 2 aromatic rings. The molecule has 25 heavy (non-hydrogen) atoms. The largest absolute Gasteiger partial charge is 0.507 e. The summed E-state index contributed by atoms with van der Waals surface area (Å²) in [4.78, 5) is 12.1. The highest BCUT2D eigenvalue weighted by Crippen LogP contribution is 2.30. The Morgan fingerprint density at radius 3 is 2.80 bits per heavy atom. The number of thioether (sulfide) groups is 1. The van der Waals surface area contributed by atoms with Gasteiger partial charge in [0.15, 0.2) is 5.17 Å². The first-order valence-corrected chi connectivity index (χ1v) is 8.97.